The number of carbonyl (C=O) groups excluding carboxylic acids is 1. The van der Waals surface area contributed by atoms with Gasteiger partial charge in [0.1, 0.15) is 5.82 Å². The molecule has 6 nitrogen and oxygen atoms in total. The number of nitrogens with zero attached hydrogens (tertiary/aromatic N) is 2. The van der Waals surface area contributed by atoms with Gasteiger partial charge in [-0.05, 0) is 19.1 Å². The first-order chi connectivity index (χ1) is 10.1. The highest BCUT2D eigenvalue weighted by Crippen LogP contribution is 2.24. The fourth-order valence-corrected chi connectivity index (χ4v) is 2.08. The highest BCUT2D eigenvalue weighted by Gasteiger charge is 2.11. The molecule has 0 radical (unpaired) electrons. The molecule has 0 aliphatic rings. The maximum Gasteiger partial charge on any atom is 0.320 e. The molecule has 7 heteroatoms. The first-order valence-corrected chi connectivity index (χ1v) is 7.01. The van der Waals surface area contributed by atoms with Gasteiger partial charge in [0.25, 0.3) is 0 Å². The largest absolute Gasteiger partial charge is 0.394 e. The number of urea groups is 1. The highest BCUT2D eigenvalue weighted by molar-refractivity contribution is 6.30. The molecule has 1 heterocycles. The summed E-state index contributed by atoms with van der Waals surface area (Å²) in [7, 11) is 0. The van der Waals surface area contributed by atoms with Gasteiger partial charge in [-0.3, -0.25) is 5.32 Å². The maximum atomic E-state index is 11.6. The van der Waals surface area contributed by atoms with E-state index in [1.165, 1.54) is 0 Å². The molecule has 0 saturated heterocycles. The number of aromatic nitrogens is 2. The van der Waals surface area contributed by atoms with Gasteiger partial charge in [-0.2, -0.15) is 5.10 Å². The predicted molar refractivity (Wildman–Crippen MR) is 82.5 cm³/mol. The number of nitrogens with one attached hydrogen (secondary N) is 2. The summed E-state index contributed by atoms with van der Waals surface area (Å²) in [6, 6.07) is 8.73. The Morgan fingerprint density at radius 2 is 2.24 bits per heavy atom. The first kappa shape index (κ1) is 15.3. The molecule has 3 N–H and O–H groups in total. The van der Waals surface area contributed by atoms with E-state index in [0.29, 0.717) is 29.6 Å². The van der Waals surface area contributed by atoms with Gasteiger partial charge in [-0.25, -0.2) is 9.48 Å². The molecule has 21 heavy (non-hydrogen) atoms. The zero-order chi connectivity index (χ0) is 15.2. The van der Waals surface area contributed by atoms with Gasteiger partial charge in [0.15, 0.2) is 0 Å². The minimum atomic E-state index is -0.311. The summed E-state index contributed by atoms with van der Waals surface area (Å²) in [5.74, 6) is 0.518. The van der Waals surface area contributed by atoms with Crippen LogP contribution in [-0.2, 0) is 6.54 Å². The third-order valence-corrected chi connectivity index (χ3v) is 3.03. The second kappa shape index (κ2) is 7.10. The molecule has 0 aliphatic heterocycles. The molecule has 0 atom stereocenters. The van der Waals surface area contributed by atoms with Crippen LogP contribution in [0.1, 0.15) is 6.92 Å². The van der Waals surface area contributed by atoms with Crippen molar-refractivity contribution in [3.8, 4) is 11.3 Å². The SMILES string of the molecule is CCNC(=O)Nc1cc(-c2cccc(Cl)c2)nn1CCO. The lowest BCUT2D eigenvalue weighted by Gasteiger charge is -2.07. The van der Waals surface area contributed by atoms with E-state index in [0.717, 1.165) is 5.56 Å². The van der Waals surface area contributed by atoms with Crippen molar-refractivity contribution >= 4 is 23.4 Å². The summed E-state index contributed by atoms with van der Waals surface area (Å²) in [6.07, 6.45) is 0. The lowest BCUT2D eigenvalue weighted by Crippen LogP contribution is -2.29. The van der Waals surface area contributed by atoms with Crippen LogP contribution in [0.15, 0.2) is 30.3 Å². The normalized spacial score (nSPS) is 10.4. The number of anilines is 1. The van der Waals surface area contributed by atoms with Gasteiger partial charge >= 0.3 is 6.03 Å². The summed E-state index contributed by atoms with van der Waals surface area (Å²) in [5.41, 5.74) is 1.52. The average Bonchev–Trinajstić information content (AvgIpc) is 2.83. The van der Waals surface area contributed by atoms with Crippen molar-refractivity contribution < 1.29 is 9.90 Å². The summed E-state index contributed by atoms with van der Waals surface area (Å²) < 4.78 is 1.55. The highest BCUT2D eigenvalue weighted by atomic mass is 35.5. The van der Waals surface area contributed by atoms with E-state index in [-0.39, 0.29) is 12.6 Å². The molecular weight excluding hydrogens is 292 g/mol. The molecule has 0 saturated carbocycles. The van der Waals surface area contributed by atoms with Gasteiger partial charge in [-0.15, -0.1) is 0 Å². The first-order valence-electron chi connectivity index (χ1n) is 6.63. The number of rotatable bonds is 5. The zero-order valence-corrected chi connectivity index (χ0v) is 12.4. The van der Waals surface area contributed by atoms with Crippen molar-refractivity contribution in [2.75, 3.05) is 18.5 Å². The van der Waals surface area contributed by atoms with Crippen LogP contribution in [0.5, 0.6) is 0 Å². The van der Waals surface area contributed by atoms with E-state index in [1.54, 1.807) is 22.9 Å². The van der Waals surface area contributed by atoms with Gasteiger partial charge < -0.3 is 10.4 Å². The lowest BCUT2D eigenvalue weighted by atomic mass is 10.1. The van der Waals surface area contributed by atoms with Crippen LogP contribution in [-0.4, -0.2) is 34.1 Å². The summed E-state index contributed by atoms with van der Waals surface area (Å²) >= 11 is 5.97. The van der Waals surface area contributed by atoms with Crippen molar-refractivity contribution in [2.24, 2.45) is 0 Å². The summed E-state index contributed by atoms with van der Waals surface area (Å²) in [5, 5.41) is 19.4. The number of hydrogen-bond acceptors (Lipinski definition) is 3. The molecule has 0 aliphatic carbocycles. The molecule has 0 fully saturated rings. The fraction of sp³-hybridized carbons (Fsp3) is 0.286. The van der Waals surface area contributed by atoms with Gasteiger partial charge in [0, 0.05) is 23.2 Å². The molecule has 2 rings (SSSR count). The van der Waals surface area contributed by atoms with Crippen LogP contribution in [0.3, 0.4) is 0 Å². The number of amides is 2. The maximum absolute atomic E-state index is 11.6. The lowest BCUT2D eigenvalue weighted by molar-refractivity contribution is 0.251. The Morgan fingerprint density at radius 3 is 2.90 bits per heavy atom. The van der Waals surface area contributed by atoms with E-state index in [1.807, 2.05) is 19.1 Å². The molecule has 112 valence electrons. The number of halogens is 1. The molecule has 2 aromatic rings. The monoisotopic (exact) mass is 308 g/mol. The van der Waals surface area contributed by atoms with Crippen molar-refractivity contribution in [3.63, 3.8) is 0 Å². The van der Waals surface area contributed by atoms with Crippen LogP contribution in [0.4, 0.5) is 10.6 Å². The second-order valence-corrected chi connectivity index (χ2v) is 4.79. The van der Waals surface area contributed by atoms with Crippen molar-refractivity contribution in [2.45, 2.75) is 13.5 Å². The van der Waals surface area contributed by atoms with Crippen molar-refractivity contribution in [3.05, 3.63) is 35.4 Å². The van der Waals surface area contributed by atoms with Crippen molar-refractivity contribution in [1.82, 2.24) is 15.1 Å². The standard InChI is InChI=1S/C14H17ClN4O2/c1-2-16-14(21)17-13-9-12(18-19(13)6-7-20)10-4-3-5-11(15)8-10/h3-5,8-9,20H,2,6-7H2,1H3,(H2,16,17,21). The van der Waals surface area contributed by atoms with E-state index in [9.17, 15) is 4.79 Å². The molecule has 2 amide bonds. The smallest absolute Gasteiger partial charge is 0.320 e. The Labute approximate surface area is 127 Å². The van der Waals surface area contributed by atoms with Crippen LogP contribution in [0.25, 0.3) is 11.3 Å². The predicted octanol–water partition coefficient (Wildman–Crippen LogP) is 2.34. The zero-order valence-electron chi connectivity index (χ0n) is 11.6. The quantitative estimate of drug-likeness (QED) is 0.793. The van der Waals surface area contributed by atoms with Crippen LogP contribution >= 0.6 is 11.6 Å². The van der Waals surface area contributed by atoms with Crippen LogP contribution in [0, 0.1) is 0 Å². The fourth-order valence-electron chi connectivity index (χ4n) is 1.89. The van der Waals surface area contributed by atoms with E-state index < -0.39 is 0 Å². The Bertz CT molecular complexity index is 627. The molecule has 1 aromatic carbocycles. The van der Waals surface area contributed by atoms with Gasteiger partial charge in [-0.1, -0.05) is 23.7 Å². The Morgan fingerprint density at radius 1 is 1.43 bits per heavy atom. The second-order valence-electron chi connectivity index (χ2n) is 4.36. The number of carbonyl (C=O) groups is 1. The van der Waals surface area contributed by atoms with E-state index in [4.69, 9.17) is 16.7 Å². The Hall–Kier alpha value is -2.05. The number of benzene rings is 1. The third-order valence-electron chi connectivity index (χ3n) is 2.79. The molecular formula is C14H17ClN4O2. The Balaban J connectivity index is 2.30. The summed E-state index contributed by atoms with van der Waals surface area (Å²) in [6.45, 7) is 2.59. The van der Waals surface area contributed by atoms with Gasteiger partial charge in [0.05, 0.1) is 18.8 Å². The molecule has 0 bridgehead atoms. The van der Waals surface area contributed by atoms with Crippen molar-refractivity contribution in [1.29, 1.82) is 0 Å². The molecule has 1 aromatic heterocycles. The van der Waals surface area contributed by atoms with E-state index in [2.05, 4.69) is 15.7 Å². The minimum absolute atomic E-state index is 0.0687. The van der Waals surface area contributed by atoms with Crippen LogP contribution < -0.4 is 10.6 Å². The average molecular weight is 309 g/mol. The van der Waals surface area contributed by atoms with Crippen LogP contribution in [0.2, 0.25) is 5.02 Å². The molecule has 0 unspecified atom stereocenters. The minimum Gasteiger partial charge on any atom is -0.394 e. The van der Waals surface area contributed by atoms with Gasteiger partial charge in [0.2, 0.25) is 0 Å². The Kier molecular flexibility index (Phi) is 5.19. The summed E-state index contributed by atoms with van der Waals surface area (Å²) in [4.78, 5) is 11.6. The number of hydrogen-bond donors (Lipinski definition) is 3. The molecule has 0 spiro atoms. The topological polar surface area (TPSA) is 79.2 Å². The number of aliphatic hydroxyl groups is 1. The number of aliphatic hydroxyl groups excluding tert-OH is 1. The van der Waals surface area contributed by atoms with E-state index >= 15 is 0 Å². The third kappa shape index (κ3) is 3.96.